The van der Waals surface area contributed by atoms with Gasteiger partial charge in [0.25, 0.3) is 0 Å². The molecule has 0 aliphatic heterocycles. The van der Waals surface area contributed by atoms with E-state index < -0.39 is 6.09 Å². The highest BCUT2D eigenvalue weighted by Crippen LogP contribution is 2.18. The molecule has 1 amide bonds. The number of ketones is 1. The maximum atomic E-state index is 12.1. The summed E-state index contributed by atoms with van der Waals surface area (Å²) < 4.78 is 5.24. The lowest BCUT2D eigenvalue weighted by molar-refractivity contribution is 0.0934. The molecule has 0 aliphatic rings. The van der Waals surface area contributed by atoms with Crippen LogP contribution in [0.3, 0.4) is 0 Å². The molecule has 0 radical (unpaired) electrons. The highest BCUT2D eigenvalue weighted by Gasteiger charge is 2.19. The highest BCUT2D eigenvalue weighted by atomic mass is 16.4. The molecule has 0 bridgehead atoms. The van der Waals surface area contributed by atoms with Crippen LogP contribution in [0.15, 0.2) is 34.9 Å². The van der Waals surface area contributed by atoms with Gasteiger partial charge in [-0.1, -0.05) is 12.1 Å². The van der Waals surface area contributed by atoms with Crippen molar-refractivity contribution in [3.05, 3.63) is 36.1 Å². The molecule has 0 spiro atoms. The monoisotopic (exact) mass is 261 g/mol. The molecule has 1 aromatic heterocycles. The summed E-state index contributed by atoms with van der Waals surface area (Å²) in [6.07, 6.45) is 0.677. The number of carboxylic acid groups (broad SMARTS) is 1. The van der Waals surface area contributed by atoms with Gasteiger partial charge in [0.2, 0.25) is 0 Å². The van der Waals surface area contributed by atoms with Gasteiger partial charge in [-0.15, -0.1) is 0 Å². The zero-order chi connectivity index (χ0) is 14.0. The molecule has 0 aliphatic carbocycles. The number of rotatable bonds is 4. The number of carbonyl (C=O) groups excluding carboxylic acids is 1. The normalized spacial score (nSPS) is 12.3. The van der Waals surface area contributed by atoms with Crippen LogP contribution in [0, 0.1) is 0 Å². The average molecular weight is 261 g/mol. The Kier molecular flexibility index (Phi) is 3.55. The van der Waals surface area contributed by atoms with E-state index in [1.807, 2.05) is 12.1 Å². The van der Waals surface area contributed by atoms with Gasteiger partial charge < -0.3 is 14.4 Å². The predicted octanol–water partition coefficient (Wildman–Crippen LogP) is 3.00. The summed E-state index contributed by atoms with van der Waals surface area (Å²) in [7, 11) is 1.45. The Labute approximate surface area is 110 Å². The van der Waals surface area contributed by atoms with Gasteiger partial charge in [-0.3, -0.25) is 4.79 Å². The highest BCUT2D eigenvalue weighted by molar-refractivity contribution is 5.99. The van der Waals surface area contributed by atoms with Crippen molar-refractivity contribution in [2.75, 3.05) is 7.05 Å². The molecular weight excluding hydrogens is 246 g/mol. The lowest BCUT2D eigenvalue weighted by Gasteiger charge is -2.20. The third-order valence-electron chi connectivity index (χ3n) is 3.22. The van der Waals surface area contributed by atoms with Gasteiger partial charge in [-0.25, -0.2) is 4.79 Å². The number of hydrogen-bond acceptors (Lipinski definition) is 3. The summed E-state index contributed by atoms with van der Waals surface area (Å²) in [5.41, 5.74) is 1.19. The minimum atomic E-state index is -1.04. The first-order valence-electron chi connectivity index (χ1n) is 5.95. The van der Waals surface area contributed by atoms with Crippen LogP contribution in [0.2, 0.25) is 0 Å². The molecule has 1 N–H and O–H groups in total. The van der Waals surface area contributed by atoms with Crippen molar-refractivity contribution in [2.24, 2.45) is 0 Å². The number of nitrogens with zero attached hydrogens (tertiary/aromatic N) is 1. The second-order valence-corrected chi connectivity index (χ2v) is 4.54. The molecule has 1 heterocycles. The standard InChI is InChI=1S/C14H15NO4/c1-9(15(2)14(17)18)7-12(16)11-4-3-10-5-6-19-13(10)8-11/h3-6,8-9H,7H2,1-2H3,(H,17,18). The van der Waals surface area contributed by atoms with Crippen LogP contribution in [-0.4, -0.2) is 35.0 Å². The Bertz CT molecular complexity index is 617. The Hall–Kier alpha value is -2.30. The van der Waals surface area contributed by atoms with Crippen LogP contribution in [0.25, 0.3) is 11.0 Å². The van der Waals surface area contributed by atoms with E-state index in [-0.39, 0.29) is 18.2 Å². The Morgan fingerprint density at radius 2 is 2.11 bits per heavy atom. The van der Waals surface area contributed by atoms with Gasteiger partial charge in [-0.05, 0) is 19.1 Å². The van der Waals surface area contributed by atoms with Crippen LogP contribution >= 0.6 is 0 Å². The number of carbonyl (C=O) groups is 2. The predicted molar refractivity (Wildman–Crippen MR) is 70.4 cm³/mol. The van der Waals surface area contributed by atoms with E-state index in [0.29, 0.717) is 11.1 Å². The van der Waals surface area contributed by atoms with Gasteiger partial charge in [0.05, 0.1) is 6.26 Å². The minimum absolute atomic E-state index is 0.0982. The molecule has 1 unspecified atom stereocenters. The van der Waals surface area contributed by atoms with Gasteiger partial charge >= 0.3 is 6.09 Å². The van der Waals surface area contributed by atoms with Gasteiger partial charge in [0, 0.05) is 30.5 Å². The fourth-order valence-electron chi connectivity index (χ4n) is 1.84. The Balaban J connectivity index is 2.13. The second-order valence-electron chi connectivity index (χ2n) is 4.54. The molecule has 2 rings (SSSR count). The lowest BCUT2D eigenvalue weighted by Crippen LogP contribution is -2.35. The van der Waals surface area contributed by atoms with Crippen LogP contribution < -0.4 is 0 Å². The zero-order valence-corrected chi connectivity index (χ0v) is 10.8. The van der Waals surface area contributed by atoms with Crippen LogP contribution in [-0.2, 0) is 0 Å². The topological polar surface area (TPSA) is 70.8 Å². The van der Waals surface area contributed by atoms with Crippen molar-refractivity contribution < 1.29 is 19.1 Å². The smallest absolute Gasteiger partial charge is 0.407 e. The Morgan fingerprint density at radius 3 is 2.79 bits per heavy atom. The molecule has 0 saturated heterocycles. The second kappa shape index (κ2) is 5.14. The number of amides is 1. The van der Waals surface area contributed by atoms with Gasteiger partial charge in [0.1, 0.15) is 5.58 Å². The minimum Gasteiger partial charge on any atom is -0.465 e. The van der Waals surface area contributed by atoms with E-state index in [9.17, 15) is 9.59 Å². The van der Waals surface area contributed by atoms with Gasteiger partial charge in [-0.2, -0.15) is 0 Å². The number of benzene rings is 1. The van der Waals surface area contributed by atoms with Gasteiger partial charge in [0.15, 0.2) is 5.78 Å². The van der Waals surface area contributed by atoms with E-state index in [0.717, 1.165) is 10.3 Å². The van der Waals surface area contributed by atoms with Crippen LogP contribution in [0.1, 0.15) is 23.7 Å². The fraction of sp³-hybridized carbons (Fsp3) is 0.286. The summed E-state index contributed by atoms with van der Waals surface area (Å²) in [6, 6.07) is 6.69. The maximum absolute atomic E-state index is 12.1. The van der Waals surface area contributed by atoms with E-state index in [2.05, 4.69) is 0 Å². The molecule has 5 heteroatoms. The Morgan fingerprint density at radius 1 is 1.37 bits per heavy atom. The molecular formula is C14H15NO4. The van der Waals surface area contributed by atoms with Crippen molar-refractivity contribution in [3.8, 4) is 0 Å². The van der Waals surface area contributed by atoms with E-state index in [4.69, 9.17) is 9.52 Å². The summed E-state index contributed by atoms with van der Waals surface area (Å²) in [5.74, 6) is -0.0982. The molecule has 0 fully saturated rings. The number of fused-ring (bicyclic) bond motifs is 1. The largest absolute Gasteiger partial charge is 0.465 e. The lowest BCUT2D eigenvalue weighted by atomic mass is 10.0. The van der Waals surface area contributed by atoms with Crippen molar-refractivity contribution in [1.29, 1.82) is 0 Å². The van der Waals surface area contributed by atoms with Crippen molar-refractivity contribution >= 4 is 22.8 Å². The van der Waals surface area contributed by atoms with Crippen molar-refractivity contribution in [3.63, 3.8) is 0 Å². The third-order valence-corrected chi connectivity index (χ3v) is 3.22. The first kappa shape index (κ1) is 13.1. The molecule has 1 atom stereocenters. The fourth-order valence-corrected chi connectivity index (χ4v) is 1.84. The summed E-state index contributed by atoms with van der Waals surface area (Å²) in [6.45, 7) is 1.71. The van der Waals surface area contributed by atoms with Crippen LogP contribution in [0.4, 0.5) is 4.79 Å². The van der Waals surface area contributed by atoms with Crippen LogP contribution in [0.5, 0.6) is 0 Å². The number of hydrogen-bond donors (Lipinski definition) is 1. The maximum Gasteiger partial charge on any atom is 0.407 e. The molecule has 5 nitrogen and oxygen atoms in total. The third kappa shape index (κ3) is 2.76. The first-order valence-corrected chi connectivity index (χ1v) is 5.95. The number of furan rings is 1. The zero-order valence-electron chi connectivity index (χ0n) is 10.8. The molecule has 1 aromatic carbocycles. The summed E-state index contributed by atoms with van der Waals surface area (Å²) >= 11 is 0. The molecule has 19 heavy (non-hydrogen) atoms. The quantitative estimate of drug-likeness (QED) is 0.859. The number of Topliss-reactive ketones (excluding diaryl/α,β-unsaturated/α-hetero) is 1. The molecule has 100 valence electrons. The van der Waals surface area contributed by atoms with E-state index in [1.54, 1.807) is 25.3 Å². The van der Waals surface area contributed by atoms with Crippen molar-refractivity contribution in [1.82, 2.24) is 4.90 Å². The van der Waals surface area contributed by atoms with Crippen molar-refractivity contribution in [2.45, 2.75) is 19.4 Å². The van der Waals surface area contributed by atoms with E-state index in [1.165, 1.54) is 7.05 Å². The molecule has 0 saturated carbocycles. The summed E-state index contributed by atoms with van der Waals surface area (Å²) in [5, 5.41) is 9.79. The SMILES string of the molecule is CC(CC(=O)c1ccc2ccoc2c1)N(C)C(=O)O. The average Bonchev–Trinajstić information content (AvgIpc) is 2.84. The van der Waals surface area contributed by atoms with E-state index >= 15 is 0 Å². The first-order chi connectivity index (χ1) is 8.99. The molecule has 2 aromatic rings. The summed E-state index contributed by atoms with van der Waals surface area (Å²) in [4.78, 5) is 24.0.